The van der Waals surface area contributed by atoms with Crippen molar-refractivity contribution < 1.29 is 13.9 Å². The fraction of sp³-hybridized carbons (Fsp3) is 0.462. The van der Waals surface area contributed by atoms with Crippen molar-refractivity contribution in [1.82, 2.24) is 0 Å². The molecule has 0 N–H and O–H groups in total. The minimum Gasteiger partial charge on any atom is -0.371 e. The molecule has 1 aromatic carbocycles. The van der Waals surface area contributed by atoms with Crippen LogP contribution in [-0.2, 0) is 16.0 Å². The minimum absolute atomic E-state index is 0.0529. The predicted octanol–water partition coefficient (Wildman–Crippen LogP) is 3.51. The predicted molar refractivity (Wildman–Crippen MR) is 68.5 cm³/mol. The van der Waals surface area contributed by atoms with Gasteiger partial charge in [-0.2, -0.15) is 0 Å². The summed E-state index contributed by atoms with van der Waals surface area (Å²) in [6.45, 7) is 3.60. The Labute approximate surface area is 109 Å². The molecule has 1 unspecified atom stereocenters. The zero-order valence-electron chi connectivity index (χ0n) is 10.2. The van der Waals surface area contributed by atoms with Crippen molar-refractivity contribution in [2.24, 2.45) is 0 Å². The number of hydrogen-bond donors (Lipinski definition) is 0. The molecule has 0 aromatic heterocycles. The van der Waals surface area contributed by atoms with Crippen LogP contribution in [0, 0.1) is 5.82 Å². The SMILES string of the molecule is CCC(C)(OC)C(=O)Cc1ccc(Br)cc1F. The van der Waals surface area contributed by atoms with E-state index < -0.39 is 5.60 Å². The van der Waals surface area contributed by atoms with Gasteiger partial charge < -0.3 is 4.74 Å². The van der Waals surface area contributed by atoms with E-state index in [0.29, 0.717) is 16.5 Å². The van der Waals surface area contributed by atoms with Crippen LogP contribution < -0.4 is 0 Å². The van der Waals surface area contributed by atoms with Crippen LogP contribution in [0.5, 0.6) is 0 Å². The number of Topliss-reactive ketones (excluding diaryl/α,β-unsaturated/α-hetero) is 1. The van der Waals surface area contributed by atoms with Crippen molar-refractivity contribution in [1.29, 1.82) is 0 Å². The molecule has 1 rings (SSSR count). The van der Waals surface area contributed by atoms with Crippen LogP contribution in [0.1, 0.15) is 25.8 Å². The molecule has 0 amide bonds. The molecule has 0 aliphatic heterocycles. The lowest BCUT2D eigenvalue weighted by Gasteiger charge is -2.25. The van der Waals surface area contributed by atoms with Crippen molar-refractivity contribution >= 4 is 21.7 Å². The molecule has 0 saturated heterocycles. The molecule has 4 heteroatoms. The van der Waals surface area contributed by atoms with Crippen molar-refractivity contribution in [3.05, 3.63) is 34.1 Å². The molecule has 0 aliphatic rings. The number of halogens is 2. The third-order valence-electron chi connectivity index (χ3n) is 3.08. The highest BCUT2D eigenvalue weighted by Crippen LogP contribution is 2.21. The Morgan fingerprint density at radius 3 is 2.65 bits per heavy atom. The summed E-state index contributed by atoms with van der Waals surface area (Å²) in [5, 5.41) is 0. The summed E-state index contributed by atoms with van der Waals surface area (Å²) >= 11 is 3.18. The van der Waals surface area contributed by atoms with E-state index in [1.807, 2.05) is 6.92 Å². The van der Waals surface area contributed by atoms with E-state index in [9.17, 15) is 9.18 Å². The van der Waals surface area contributed by atoms with Gasteiger partial charge in [-0.3, -0.25) is 4.79 Å². The van der Waals surface area contributed by atoms with Gasteiger partial charge in [0.05, 0.1) is 0 Å². The highest BCUT2D eigenvalue weighted by molar-refractivity contribution is 9.10. The maximum Gasteiger partial charge on any atom is 0.168 e. The van der Waals surface area contributed by atoms with Gasteiger partial charge in [-0.25, -0.2) is 4.39 Å². The van der Waals surface area contributed by atoms with E-state index in [4.69, 9.17) is 4.74 Å². The summed E-state index contributed by atoms with van der Waals surface area (Å²) < 4.78 is 19.5. The average Bonchev–Trinajstić information content (AvgIpc) is 2.31. The first kappa shape index (κ1) is 14.3. The van der Waals surface area contributed by atoms with E-state index >= 15 is 0 Å². The van der Waals surface area contributed by atoms with Gasteiger partial charge in [-0.05, 0) is 31.0 Å². The Balaban J connectivity index is 2.88. The lowest BCUT2D eigenvalue weighted by Crippen LogP contribution is -2.38. The zero-order valence-corrected chi connectivity index (χ0v) is 11.8. The number of carbonyl (C=O) groups is 1. The molecule has 0 saturated carbocycles. The normalized spacial score (nSPS) is 14.4. The topological polar surface area (TPSA) is 26.3 Å². The van der Waals surface area contributed by atoms with Gasteiger partial charge >= 0.3 is 0 Å². The molecule has 1 atom stereocenters. The van der Waals surface area contributed by atoms with Crippen molar-refractivity contribution in [2.45, 2.75) is 32.3 Å². The molecule has 0 bridgehead atoms. The summed E-state index contributed by atoms with van der Waals surface area (Å²) in [5.74, 6) is -0.481. The first-order valence-corrected chi connectivity index (χ1v) is 6.24. The van der Waals surface area contributed by atoms with Crippen LogP contribution in [0.2, 0.25) is 0 Å². The van der Waals surface area contributed by atoms with Gasteiger partial charge in [0, 0.05) is 18.0 Å². The van der Waals surface area contributed by atoms with E-state index in [1.165, 1.54) is 13.2 Å². The third kappa shape index (κ3) is 3.36. The number of carbonyl (C=O) groups excluding carboxylic acids is 1. The standard InChI is InChI=1S/C13H16BrFO2/c1-4-13(2,17-3)12(16)7-9-5-6-10(14)8-11(9)15/h5-6,8H,4,7H2,1-3H3. The quantitative estimate of drug-likeness (QED) is 0.832. The van der Waals surface area contributed by atoms with Crippen LogP contribution >= 0.6 is 15.9 Å². The van der Waals surface area contributed by atoms with Crippen molar-refractivity contribution in [3.63, 3.8) is 0 Å². The van der Waals surface area contributed by atoms with Crippen LogP contribution in [-0.4, -0.2) is 18.5 Å². The monoisotopic (exact) mass is 302 g/mol. The number of ketones is 1. The Kier molecular flexibility index (Phi) is 4.83. The fourth-order valence-electron chi connectivity index (χ4n) is 1.48. The fourth-order valence-corrected chi connectivity index (χ4v) is 1.81. The lowest BCUT2D eigenvalue weighted by molar-refractivity contribution is -0.138. The molecule has 17 heavy (non-hydrogen) atoms. The van der Waals surface area contributed by atoms with Gasteiger partial charge in [0.1, 0.15) is 11.4 Å². The van der Waals surface area contributed by atoms with Crippen molar-refractivity contribution in [2.75, 3.05) is 7.11 Å². The van der Waals surface area contributed by atoms with Gasteiger partial charge in [0.15, 0.2) is 5.78 Å². The third-order valence-corrected chi connectivity index (χ3v) is 3.57. The van der Waals surface area contributed by atoms with Gasteiger partial charge in [-0.15, -0.1) is 0 Å². The highest BCUT2D eigenvalue weighted by Gasteiger charge is 2.30. The van der Waals surface area contributed by atoms with Crippen LogP contribution in [0.4, 0.5) is 4.39 Å². The van der Waals surface area contributed by atoms with E-state index in [-0.39, 0.29) is 18.0 Å². The zero-order chi connectivity index (χ0) is 13.1. The molecule has 1 aromatic rings. The number of ether oxygens (including phenoxy) is 1. The molecular weight excluding hydrogens is 287 g/mol. The number of methoxy groups -OCH3 is 1. The smallest absolute Gasteiger partial charge is 0.168 e. The summed E-state index contributed by atoms with van der Waals surface area (Å²) in [4.78, 5) is 12.0. The van der Waals surface area contributed by atoms with Gasteiger partial charge in [0.2, 0.25) is 0 Å². The van der Waals surface area contributed by atoms with Gasteiger partial charge in [0.25, 0.3) is 0 Å². The number of benzene rings is 1. The van der Waals surface area contributed by atoms with E-state index in [2.05, 4.69) is 15.9 Å². The van der Waals surface area contributed by atoms with Crippen molar-refractivity contribution in [3.8, 4) is 0 Å². The Morgan fingerprint density at radius 1 is 1.53 bits per heavy atom. The first-order valence-electron chi connectivity index (χ1n) is 5.45. The second-order valence-corrected chi connectivity index (χ2v) is 5.04. The second kappa shape index (κ2) is 5.74. The van der Waals surface area contributed by atoms with Crippen LogP contribution in [0.3, 0.4) is 0 Å². The number of hydrogen-bond acceptors (Lipinski definition) is 2. The molecule has 2 nitrogen and oxygen atoms in total. The molecule has 0 heterocycles. The molecule has 94 valence electrons. The Hall–Kier alpha value is -0.740. The largest absolute Gasteiger partial charge is 0.371 e. The first-order chi connectivity index (χ1) is 7.92. The Bertz CT molecular complexity index is 414. The molecule has 0 aliphatic carbocycles. The maximum absolute atomic E-state index is 13.6. The summed E-state index contributed by atoms with van der Waals surface area (Å²) in [7, 11) is 1.50. The molecule has 0 spiro atoms. The summed E-state index contributed by atoms with van der Waals surface area (Å²) in [5.41, 5.74) is -0.436. The second-order valence-electron chi connectivity index (χ2n) is 4.12. The Morgan fingerprint density at radius 2 is 2.18 bits per heavy atom. The van der Waals surface area contributed by atoms with E-state index in [0.717, 1.165) is 0 Å². The molecule has 0 fully saturated rings. The number of rotatable bonds is 5. The van der Waals surface area contributed by atoms with Crippen LogP contribution in [0.25, 0.3) is 0 Å². The van der Waals surface area contributed by atoms with E-state index in [1.54, 1.807) is 19.1 Å². The summed E-state index contributed by atoms with van der Waals surface area (Å²) in [6, 6.07) is 4.70. The van der Waals surface area contributed by atoms with Gasteiger partial charge in [-0.1, -0.05) is 28.9 Å². The average molecular weight is 303 g/mol. The molecular formula is C13H16BrFO2. The highest BCUT2D eigenvalue weighted by atomic mass is 79.9. The maximum atomic E-state index is 13.6. The molecule has 0 radical (unpaired) electrons. The minimum atomic E-state index is -0.834. The van der Waals surface area contributed by atoms with Crippen LogP contribution in [0.15, 0.2) is 22.7 Å². The summed E-state index contributed by atoms with van der Waals surface area (Å²) in [6.07, 6.45) is 0.623. The lowest BCUT2D eigenvalue weighted by atomic mass is 9.92.